The molecule has 0 aliphatic heterocycles. The smallest absolute Gasteiger partial charge is 0.161 e. The van der Waals surface area contributed by atoms with Crippen LogP contribution in [0.25, 0.3) is 78.1 Å². The predicted molar refractivity (Wildman–Crippen MR) is 242 cm³/mol. The van der Waals surface area contributed by atoms with Crippen LogP contribution in [-0.4, -0.2) is 15.0 Å². The van der Waals surface area contributed by atoms with Gasteiger partial charge in [-0.1, -0.05) is 182 Å². The summed E-state index contributed by atoms with van der Waals surface area (Å²) < 4.78 is 0. The fourth-order valence-corrected chi connectivity index (χ4v) is 9.23. The Hall–Kier alpha value is -7.75. The van der Waals surface area contributed by atoms with E-state index in [4.69, 9.17) is 9.97 Å². The van der Waals surface area contributed by atoms with Crippen LogP contribution in [0, 0.1) is 0 Å². The number of hydrogen-bond donors (Lipinski definition) is 0. The van der Waals surface area contributed by atoms with Gasteiger partial charge in [0, 0.05) is 34.6 Å². The predicted octanol–water partition coefficient (Wildman–Crippen LogP) is 13.7. The van der Waals surface area contributed by atoms with Gasteiger partial charge in [-0.25, -0.2) is 9.97 Å². The molecule has 1 aliphatic rings. The van der Waals surface area contributed by atoms with Gasteiger partial charge in [0.1, 0.15) is 0 Å². The third-order valence-electron chi connectivity index (χ3n) is 11.9. The molecule has 8 aromatic carbocycles. The second kappa shape index (κ2) is 14.3. The molecule has 2 heterocycles. The number of nitrogens with zero attached hydrogens (tertiary/aromatic N) is 3. The zero-order valence-electron chi connectivity index (χ0n) is 32.2. The number of fused-ring (bicyclic) bond motifs is 4. The van der Waals surface area contributed by atoms with E-state index in [1.54, 1.807) is 6.20 Å². The van der Waals surface area contributed by atoms with Crippen molar-refractivity contribution in [2.75, 3.05) is 0 Å². The van der Waals surface area contributed by atoms with Crippen LogP contribution in [-0.2, 0) is 5.41 Å². The lowest BCUT2D eigenvalue weighted by molar-refractivity contribution is 0.768. The lowest BCUT2D eigenvalue weighted by Crippen LogP contribution is -2.28. The van der Waals surface area contributed by atoms with Gasteiger partial charge in [0.05, 0.1) is 16.8 Å². The first kappa shape index (κ1) is 34.5. The fraction of sp³-hybridized carbons (Fsp3) is 0.0179. The molecular formula is C56H37N3. The molecule has 0 radical (unpaired) electrons. The molecule has 2 aromatic heterocycles. The zero-order chi connectivity index (χ0) is 39.2. The van der Waals surface area contributed by atoms with Crippen molar-refractivity contribution < 1.29 is 0 Å². The lowest BCUT2D eigenvalue weighted by Gasteiger charge is -2.33. The largest absolute Gasteiger partial charge is 0.264 e. The van der Waals surface area contributed by atoms with Gasteiger partial charge in [0.25, 0.3) is 0 Å². The van der Waals surface area contributed by atoms with E-state index in [2.05, 4.69) is 205 Å². The molecule has 0 amide bonds. The summed E-state index contributed by atoms with van der Waals surface area (Å²) in [5.41, 5.74) is 16.5. The summed E-state index contributed by atoms with van der Waals surface area (Å²) in [6.07, 6.45) is 3.70. The monoisotopic (exact) mass is 751 g/mol. The quantitative estimate of drug-likeness (QED) is 0.163. The molecule has 3 nitrogen and oxygen atoms in total. The van der Waals surface area contributed by atoms with Crippen molar-refractivity contribution in [3.05, 3.63) is 247 Å². The Morgan fingerprint density at radius 3 is 1.63 bits per heavy atom. The van der Waals surface area contributed by atoms with Crippen LogP contribution in [0.1, 0.15) is 22.3 Å². The van der Waals surface area contributed by atoms with Crippen LogP contribution in [0.5, 0.6) is 0 Å². The third-order valence-corrected chi connectivity index (χ3v) is 11.9. The lowest BCUT2D eigenvalue weighted by atomic mass is 9.67. The van der Waals surface area contributed by atoms with Gasteiger partial charge < -0.3 is 0 Å². The molecule has 276 valence electrons. The highest BCUT2D eigenvalue weighted by Crippen LogP contribution is 2.56. The summed E-state index contributed by atoms with van der Waals surface area (Å²) in [7, 11) is 0. The molecular weight excluding hydrogens is 715 g/mol. The molecule has 0 spiro atoms. The average molecular weight is 752 g/mol. The van der Waals surface area contributed by atoms with Crippen molar-refractivity contribution in [1.82, 2.24) is 15.0 Å². The molecule has 1 aliphatic carbocycles. The Labute approximate surface area is 344 Å². The Morgan fingerprint density at radius 2 is 0.898 bits per heavy atom. The van der Waals surface area contributed by atoms with Crippen molar-refractivity contribution >= 4 is 10.8 Å². The van der Waals surface area contributed by atoms with Crippen molar-refractivity contribution in [1.29, 1.82) is 0 Å². The topological polar surface area (TPSA) is 38.7 Å². The van der Waals surface area contributed by atoms with Crippen LogP contribution < -0.4 is 0 Å². The normalized spacial score (nSPS) is 12.5. The van der Waals surface area contributed by atoms with E-state index < -0.39 is 5.41 Å². The van der Waals surface area contributed by atoms with Crippen molar-refractivity contribution in [2.24, 2.45) is 0 Å². The van der Waals surface area contributed by atoms with Gasteiger partial charge >= 0.3 is 0 Å². The SMILES string of the molecule is c1ccc(-c2cc(-c3cccc(-c4cccnc4)c3)nc(-c3ccc(-c4ccc5c(c4)-c4ccccc4C5(c4ccccc4)c4ccccc4)c4ccccc34)n2)cc1. The van der Waals surface area contributed by atoms with Crippen LogP contribution in [0.4, 0.5) is 0 Å². The average Bonchev–Trinajstić information content (AvgIpc) is 3.62. The summed E-state index contributed by atoms with van der Waals surface area (Å²) in [6.45, 7) is 0. The summed E-state index contributed by atoms with van der Waals surface area (Å²) in [5, 5.41) is 2.26. The van der Waals surface area contributed by atoms with E-state index in [9.17, 15) is 0 Å². The van der Waals surface area contributed by atoms with Crippen molar-refractivity contribution in [3.8, 4) is 67.3 Å². The molecule has 59 heavy (non-hydrogen) atoms. The second-order valence-corrected chi connectivity index (χ2v) is 15.1. The number of hydrogen-bond acceptors (Lipinski definition) is 3. The van der Waals surface area contributed by atoms with Crippen LogP contribution in [0.2, 0.25) is 0 Å². The van der Waals surface area contributed by atoms with Crippen LogP contribution >= 0.6 is 0 Å². The number of rotatable bonds is 7. The minimum atomic E-state index is -0.435. The molecule has 0 unspecified atom stereocenters. The Bertz CT molecular complexity index is 3100. The van der Waals surface area contributed by atoms with E-state index in [1.165, 1.54) is 44.5 Å². The van der Waals surface area contributed by atoms with E-state index in [1.807, 2.05) is 18.3 Å². The van der Waals surface area contributed by atoms with E-state index in [0.717, 1.165) is 50.0 Å². The fourth-order valence-electron chi connectivity index (χ4n) is 9.23. The Kier molecular flexibility index (Phi) is 8.37. The van der Waals surface area contributed by atoms with Crippen molar-refractivity contribution in [3.63, 3.8) is 0 Å². The molecule has 11 rings (SSSR count). The summed E-state index contributed by atoms with van der Waals surface area (Å²) >= 11 is 0. The maximum atomic E-state index is 5.31. The van der Waals surface area contributed by atoms with Gasteiger partial charge in [0.2, 0.25) is 0 Å². The van der Waals surface area contributed by atoms with E-state index in [-0.39, 0.29) is 0 Å². The molecule has 0 fully saturated rings. The highest BCUT2D eigenvalue weighted by atomic mass is 14.9. The zero-order valence-corrected chi connectivity index (χ0v) is 32.2. The first-order valence-corrected chi connectivity index (χ1v) is 20.1. The molecule has 0 N–H and O–H groups in total. The minimum Gasteiger partial charge on any atom is -0.264 e. The second-order valence-electron chi connectivity index (χ2n) is 15.1. The van der Waals surface area contributed by atoms with Gasteiger partial charge in [-0.15, -0.1) is 0 Å². The van der Waals surface area contributed by atoms with Crippen LogP contribution in [0.15, 0.2) is 225 Å². The minimum absolute atomic E-state index is 0.435. The Balaban J connectivity index is 1.08. The molecule has 0 bridgehead atoms. The molecule has 0 saturated carbocycles. The van der Waals surface area contributed by atoms with Gasteiger partial charge in [-0.3, -0.25) is 4.98 Å². The third kappa shape index (κ3) is 5.78. The Morgan fingerprint density at radius 1 is 0.322 bits per heavy atom. The summed E-state index contributed by atoms with van der Waals surface area (Å²) in [4.78, 5) is 14.9. The molecule has 0 saturated heterocycles. The van der Waals surface area contributed by atoms with Crippen molar-refractivity contribution in [2.45, 2.75) is 5.41 Å². The number of aromatic nitrogens is 3. The maximum Gasteiger partial charge on any atom is 0.161 e. The molecule has 0 atom stereocenters. The highest BCUT2D eigenvalue weighted by molar-refractivity contribution is 6.05. The molecule has 10 aromatic rings. The first-order valence-electron chi connectivity index (χ1n) is 20.1. The summed E-state index contributed by atoms with van der Waals surface area (Å²) in [6, 6.07) is 76.1. The van der Waals surface area contributed by atoms with Gasteiger partial charge in [-0.2, -0.15) is 0 Å². The standard InChI is InChI=1S/C56H37N3/c1-4-16-38(17-5-1)53-36-54(41-19-14-18-39(34-41)42-20-15-33-57-37-42)59-55(58-53)49-31-30-45(46-25-10-11-26-47(46)49)40-29-32-52-50(35-40)48-27-12-13-28-51(48)56(52,43-21-6-2-7-22-43)44-23-8-3-9-24-44/h1-37H. The number of pyridine rings is 1. The van der Waals surface area contributed by atoms with Gasteiger partial charge in [-0.05, 0) is 91.2 Å². The van der Waals surface area contributed by atoms with E-state index in [0.29, 0.717) is 5.82 Å². The molecule has 3 heteroatoms. The summed E-state index contributed by atoms with van der Waals surface area (Å²) in [5.74, 6) is 0.689. The highest BCUT2D eigenvalue weighted by Gasteiger charge is 2.46. The number of benzene rings is 8. The van der Waals surface area contributed by atoms with Gasteiger partial charge in [0.15, 0.2) is 5.82 Å². The first-order chi connectivity index (χ1) is 29.3. The maximum absolute atomic E-state index is 5.31. The van der Waals surface area contributed by atoms with Crippen LogP contribution in [0.3, 0.4) is 0 Å². The van der Waals surface area contributed by atoms with E-state index >= 15 is 0 Å².